The Bertz CT molecular complexity index is 575. The Morgan fingerprint density at radius 2 is 1.90 bits per heavy atom. The first-order valence-electron chi connectivity index (χ1n) is 6.66. The van der Waals surface area contributed by atoms with Gasteiger partial charge in [-0.2, -0.15) is 11.8 Å². The Hall–Kier alpha value is -1.04. The smallest absolute Gasteiger partial charge is 0.170 e. The minimum absolute atomic E-state index is 0.661. The molecule has 0 aliphatic rings. The molecule has 0 spiro atoms. The van der Waals surface area contributed by atoms with Gasteiger partial charge in [-0.1, -0.05) is 52.3 Å². The van der Waals surface area contributed by atoms with Gasteiger partial charge in [0.15, 0.2) is 5.11 Å². The van der Waals surface area contributed by atoms with Crippen LogP contribution in [-0.2, 0) is 5.75 Å². The summed E-state index contributed by atoms with van der Waals surface area (Å²) in [7, 11) is 0. The minimum Gasteiger partial charge on any atom is -0.362 e. The van der Waals surface area contributed by atoms with Gasteiger partial charge in [-0.15, -0.1) is 0 Å². The molecule has 0 saturated heterocycles. The molecule has 0 radical (unpaired) electrons. The Balaban J connectivity index is 1.61. The number of benzene rings is 2. The Kier molecular flexibility index (Phi) is 7.06. The van der Waals surface area contributed by atoms with E-state index in [4.69, 9.17) is 12.2 Å². The third kappa shape index (κ3) is 6.50. The third-order valence-electron chi connectivity index (χ3n) is 2.73. The fraction of sp³-hybridized carbons (Fsp3) is 0.188. The standard InChI is InChI=1S/C16H17BrN2S2/c17-14-7-4-8-15(11-14)19-16(20)18-9-10-21-12-13-5-2-1-3-6-13/h1-8,11H,9-10,12H2,(H2,18,19,20). The van der Waals surface area contributed by atoms with Crippen LogP contribution in [0.1, 0.15) is 5.56 Å². The number of rotatable bonds is 6. The molecule has 21 heavy (non-hydrogen) atoms. The van der Waals surface area contributed by atoms with Gasteiger partial charge in [0.1, 0.15) is 0 Å². The summed E-state index contributed by atoms with van der Waals surface area (Å²) in [6, 6.07) is 18.4. The molecule has 0 atom stereocenters. The van der Waals surface area contributed by atoms with Gasteiger partial charge < -0.3 is 10.6 Å². The van der Waals surface area contributed by atoms with E-state index in [1.54, 1.807) is 0 Å². The van der Waals surface area contributed by atoms with Crippen LogP contribution in [0.25, 0.3) is 0 Å². The first-order valence-corrected chi connectivity index (χ1v) is 9.02. The summed E-state index contributed by atoms with van der Waals surface area (Å²) < 4.78 is 1.04. The zero-order valence-corrected chi connectivity index (χ0v) is 14.7. The van der Waals surface area contributed by atoms with E-state index in [2.05, 4.69) is 50.8 Å². The molecule has 2 rings (SSSR count). The van der Waals surface area contributed by atoms with Crippen LogP contribution in [0.4, 0.5) is 5.69 Å². The number of hydrogen-bond donors (Lipinski definition) is 2. The highest BCUT2D eigenvalue weighted by Gasteiger charge is 1.98. The molecular formula is C16H17BrN2S2. The lowest BCUT2D eigenvalue weighted by Gasteiger charge is -2.10. The van der Waals surface area contributed by atoms with Gasteiger partial charge in [0.25, 0.3) is 0 Å². The molecule has 0 saturated carbocycles. The lowest BCUT2D eigenvalue weighted by molar-refractivity contribution is 0.990. The van der Waals surface area contributed by atoms with Gasteiger partial charge in [-0.05, 0) is 36.0 Å². The van der Waals surface area contributed by atoms with Crippen molar-refractivity contribution in [2.75, 3.05) is 17.6 Å². The maximum absolute atomic E-state index is 5.28. The van der Waals surface area contributed by atoms with Crippen molar-refractivity contribution in [3.8, 4) is 0 Å². The van der Waals surface area contributed by atoms with Gasteiger partial charge in [-0.3, -0.25) is 0 Å². The maximum atomic E-state index is 5.28. The molecule has 0 heterocycles. The molecule has 2 aromatic rings. The zero-order chi connectivity index (χ0) is 14.9. The van der Waals surface area contributed by atoms with E-state index in [1.807, 2.05) is 42.1 Å². The summed E-state index contributed by atoms with van der Waals surface area (Å²) in [5.74, 6) is 2.06. The van der Waals surface area contributed by atoms with E-state index in [9.17, 15) is 0 Å². The highest BCUT2D eigenvalue weighted by molar-refractivity contribution is 9.10. The molecule has 0 fully saturated rings. The number of halogens is 1. The number of thiocarbonyl (C=S) groups is 1. The SMILES string of the molecule is S=C(NCCSCc1ccccc1)Nc1cccc(Br)c1. The Labute approximate surface area is 143 Å². The average molecular weight is 381 g/mol. The quantitative estimate of drug-likeness (QED) is 0.561. The molecule has 0 aliphatic heterocycles. The second kappa shape index (κ2) is 9.07. The average Bonchev–Trinajstić information content (AvgIpc) is 2.48. The van der Waals surface area contributed by atoms with Gasteiger partial charge >= 0.3 is 0 Å². The van der Waals surface area contributed by atoms with Crippen LogP contribution in [0.3, 0.4) is 0 Å². The van der Waals surface area contributed by atoms with Crippen LogP contribution in [0, 0.1) is 0 Å². The van der Waals surface area contributed by atoms with E-state index in [0.717, 1.165) is 28.2 Å². The molecule has 2 nitrogen and oxygen atoms in total. The first kappa shape index (κ1) is 16.3. The van der Waals surface area contributed by atoms with Gasteiger partial charge in [0.05, 0.1) is 0 Å². The van der Waals surface area contributed by atoms with E-state index < -0.39 is 0 Å². The van der Waals surface area contributed by atoms with E-state index >= 15 is 0 Å². The number of hydrogen-bond acceptors (Lipinski definition) is 2. The largest absolute Gasteiger partial charge is 0.362 e. The highest BCUT2D eigenvalue weighted by atomic mass is 79.9. The van der Waals surface area contributed by atoms with Gasteiger partial charge in [0, 0.05) is 28.2 Å². The normalized spacial score (nSPS) is 10.1. The number of anilines is 1. The predicted molar refractivity (Wildman–Crippen MR) is 101 cm³/mol. The van der Waals surface area contributed by atoms with Crippen molar-refractivity contribution < 1.29 is 0 Å². The second-order valence-corrected chi connectivity index (χ2v) is 6.86. The van der Waals surface area contributed by atoms with Crippen LogP contribution >= 0.6 is 39.9 Å². The van der Waals surface area contributed by atoms with Gasteiger partial charge in [-0.25, -0.2) is 0 Å². The number of nitrogens with one attached hydrogen (secondary N) is 2. The molecule has 0 aliphatic carbocycles. The molecule has 0 amide bonds. The van der Waals surface area contributed by atoms with Crippen molar-refractivity contribution in [2.24, 2.45) is 0 Å². The summed E-state index contributed by atoms with van der Waals surface area (Å²) >= 11 is 10.6. The molecule has 5 heteroatoms. The van der Waals surface area contributed by atoms with Crippen LogP contribution in [0.15, 0.2) is 59.1 Å². The minimum atomic E-state index is 0.661. The van der Waals surface area contributed by atoms with E-state index in [1.165, 1.54) is 5.56 Å². The van der Waals surface area contributed by atoms with Crippen molar-refractivity contribution in [1.82, 2.24) is 5.32 Å². The number of thioether (sulfide) groups is 1. The lowest BCUT2D eigenvalue weighted by Crippen LogP contribution is -2.30. The zero-order valence-electron chi connectivity index (χ0n) is 11.5. The summed E-state index contributed by atoms with van der Waals surface area (Å²) in [5.41, 5.74) is 2.34. The van der Waals surface area contributed by atoms with E-state index in [-0.39, 0.29) is 0 Å². The fourth-order valence-electron chi connectivity index (χ4n) is 1.74. The molecule has 0 unspecified atom stereocenters. The fourth-order valence-corrected chi connectivity index (χ4v) is 3.18. The monoisotopic (exact) mass is 380 g/mol. The van der Waals surface area contributed by atoms with E-state index in [0.29, 0.717) is 5.11 Å². The van der Waals surface area contributed by atoms with Gasteiger partial charge in [0.2, 0.25) is 0 Å². The molecular weight excluding hydrogens is 364 g/mol. The predicted octanol–water partition coefficient (Wildman–Crippen LogP) is 4.67. The summed E-state index contributed by atoms with van der Waals surface area (Å²) in [6.45, 7) is 0.858. The van der Waals surface area contributed by atoms with Crippen molar-refractivity contribution >= 4 is 50.7 Å². The molecule has 2 N–H and O–H groups in total. The summed E-state index contributed by atoms with van der Waals surface area (Å²) in [4.78, 5) is 0. The Morgan fingerprint density at radius 1 is 1.10 bits per heavy atom. The van der Waals surface area contributed by atoms with Crippen molar-refractivity contribution in [1.29, 1.82) is 0 Å². The van der Waals surface area contributed by atoms with Crippen molar-refractivity contribution in [2.45, 2.75) is 5.75 Å². The van der Waals surface area contributed by atoms with Crippen LogP contribution < -0.4 is 10.6 Å². The topological polar surface area (TPSA) is 24.1 Å². The molecule has 0 aromatic heterocycles. The highest BCUT2D eigenvalue weighted by Crippen LogP contribution is 2.15. The molecule has 110 valence electrons. The molecule has 2 aromatic carbocycles. The maximum Gasteiger partial charge on any atom is 0.170 e. The first-order chi connectivity index (χ1) is 10.2. The third-order valence-corrected chi connectivity index (χ3v) is 4.50. The summed E-state index contributed by atoms with van der Waals surface area (Å²) in [5, 5.41) is 7.05. The van der Waals surface area contributed by atoms with Crippen molar-refractivity contribution in [3.63, 3.8) is 0 Å². The Morgan fingerprint density at radius 3 is 2.67 bits per heavy atom. The van der Waals surface area contributed by atoms with Crippen molar-refractivity contribution in [3.05, 3.63) is 64.6 Å². The second-order valence-electron chi connectivity index (χ2n) is 4.43. The summed E-state index contributed by atoms with van der Waals surface area (Å²) in [6.07, 6.45) is 0. The van der Waals surface area contributed by atoms with Crippen LogP contribution in [0.2, 0.25) is 0 Å². The van der Waals surface area contributed by atoms with Crippen LogP contribution in [0.5, 0.6) is 0 Å². The lowest BCUT2D eigenvalue weighted by atomic mass is 10.2. The van der Waals surface area contributed by atoms with Crippen LogP contribution in [-0.4, -0.2) is 17.4 Å². The molecule has 0 bridgehead atoms.